The first-order chi connectivity index (χ1) is 8.35. The van der Waals surface area contributed by atoms with Crippen LogP contribution >= 0.6 is 0 Å². The van der Waals surface area contributed by atoms with E-state index < -0.39 is 0 Å². The number of rotatable bonds is 2. The molecule has 3 saturated carbocycles. The van der Waals surface area contributed by atoms with Crippen LogP contribution in [-0.4, -0.2) is 5.54 Å². The van der Waals surface area contributed by atoms with Gasteiger partial charge in [-0.15, -0.1) is 0 Å². The van der Waals surface area contributed by atoms with Gasteiger partial charge in [0.05, 0.1) is 0 Å². The lowest BCUT2D eigenvalue weighted by Gasteiger charge is -2.47. The van der Waals surface area contributed by atoms with Gasteiger partial charge in [0.1, 0.15) is 0 Å². The number of hydrogen-bond donors (Lipinski definition) is 1. The Morgan fingerprint density at radius 2 is 1.89 bits per heavy atom. The summed E-state index contributed by atoms with van der Waals surface area (Å²) in [5, 5.41) is 0. The summed E-state index contributed by atoms with van der Waals surface area (Å²) in [6, 6.07) is 0. The summed E-state index contributed by atoms with van der Waals surface area (Å²) >= 11 is 0. The summed E-state index contributed by atoms with van der Waals surface area (Å²) in [4.78, 5) is 0. The Morgan fingerprint density at radius 3 is 2.44 bits per heavy atom. The minimum Gasteiger partial charge on any atom is -0.325 e. The third-order valence-electron chi connectivity index (χ3n) is 6.04. The first kappa shape index (κ1) is 13.0. The van der Waals surface area contributed by atoms with Crippen molar-refractivity contribution in [2.45, 2.75) is 77.7 Å². The molecule has 2 N–H and O–H groups in total. The van der Waals surface area contributed by atoms with Gasteiger partial charge in [-0.2, -0.15) is 0 Å². The average molecular weight is 249 g/mol. The molecule has 0 aromatic carbocycles. The van der Waals surface area contributed by atoms with Crippen LogP contribution in [0.3, 0.4) is 0 Å². The van der Waals surface area contributed by atoms with E-state index in [1.807, 2.05) is 0 Å². The van der Waals surface area contributed by atoms with Gasteiger partial charge in [-0.25, -0.2) is 0 Å². The highest BCUT2D eigenvalue weighted by molar-refractivity contribution is 5.01. The van der Waals surface area contributed by atoms with Crippen molar-refractivity contribution in [1.29, 1.82) is 0 Å². The van der Waals surface area contributed by atoms with Crippen LogP contribution in [0.25, 0.3) is 0 Å². The topological polar surface area (TPSA) is 26.0 Å². The third kappa shape index (κ3) is 2.48. The molecule has 3 aliphatic rings. The molecule has 3 fully saturated rings. The normalized spacial score (nSPS) is 50.7. The van der Waals surface area contributed by atoms with E-state index in [1.165, 1.54) is 51.4 Å². The average Bonchev–Trinajstić information content (AvgIpc) is 2.73. The van der Waals surface area contributed by atoms with Gasteiger partial charge in [-0.1, -0.05) is 27.2 Å². The zero-order valence-corrected chi connectivity index (χ0v) is 12.5. The first-order valence-electron chi connectivity index (χ1n) is 8.14. The fraction of sp³-hybridized carbons (Fsp3) is 1.00. The highest BCUT2D eigenvalue weighted by Crippen LogP contribution is 2.53. The Labute approximate surface area is 113 Å². The summed E-state index contributed by atoms with van der Waals surface area (Å²) in [6.45, 7) is 7.25. The van der Waals surface area contributed by atoms with Crippen LogP contribution in [0.1, 0.15) is 72.1 Å². The Kier molecular flexibility index (Phi) is 3.05. The fourth-order valence-electron chi connectivity index (χ4n) is 6.11. The predicted molar refractivity (Wildman–Crippen MR) is 77.3 cm³/mol. The monoisotopic (exact) mass is 249 g/mol. The van der Waals surface area contributed by atoms with Crippen molar-refractivity contribution in [2.75, 3.05) is 0 Å². The van der Waals surface area contributed by atoms with Gasteiger partial charge in [0, 0.05) is 5.54 Å². The van der Waals surface area contributed by atoms with Gasteiger partial charge in [0.2, 0.25) is 0 Å². The Morgan fingerprint density at radius 1 is 1.11 bits per heavy atom. The molecule has 0 aromatic rings. The van der Waals surface area contributed by atoms with E-state index in [0.717, 1.165) is 23.7 Å². The molecule has 104 valence electrons. The summed E-state index contributed by atoms with van der Waals surface area (Å²) < 4.78 is 0. The molecule has 1 heteroatoms. The molecule has 3 rings (SSSR count). The molecule has 3 aliphatic carbocycles. The summed E-state index contributed by atoms with van der Waals surface area (Å²) in [5.74, 6) is 3.89. The van der Waals surface area contributed by atoms with Crippen LogP contribution in [-0.2, 0) is 0 Å². The lowest BCUT2D eigenvalue weighted by molar-refractivity contribution is 0.0812. The third-order valence-corrected chi connectivity index (χ3v) is 6.04. The maximum Gasteiger partial charge on any atom is 0.0164 e. The molecule has 0 saturated heterocycles. The maximum absolute atomic E-state index is 6.84. The quantitative estimate of drug-likeness (QED) is 0.773. The summed E-state index contributed by atoms with van der Waals surface area (Å²) in [7, 11) is 0. The molecule has 0 radical (unpaired) electrons. The van der Waals surface area contributed by atoms with E-state index in [4.69, 9.17) is 5.73 Å². The Bertz CT molecular complexity index is 322. The van der Waals surface area contributed by atoms with E-state index in [2.05, 4.69) is 20.8 Å². The van der Waals surface area contributed by atoms with Crippen molar-refractivity contribution in [3.05, 3.63) is 0 Å². The minimum atomic E-state index is 0.149. The lowest BCUT2D eigenvalue weighted by Crippen LogP contribution is -2.50. The van der Waals surface area contributed by atoms with Crippen LogP contribution in [0.5, 0.6) is 0 Å². The van der Waals surface area contributed by atoms with Crippen molar-refractivity contribution < 1.29 is 0 Å². The molecule has 18 heavy (non-hydrogen) atoms. The summed E-state index contributed by atoms with van der Waals surface area (Å²) in [6.07, 6.45) is 11.2. The van der Waals surface area contributed by atoms with Gasteiger partial charge in [-0.05, 0) is 74.0 Å². The second-order valence-electron chi connectivity index (χ2n) is 8.86. The molecular weight excluding hydrogens is 218 g/mol. The molecule has 0 amide bonds. The Balaban J connectivity index is 1.67. The molecule has 1 nitrogen and oxygen atoms in total. The maximum atomic E-state index is 6.84. The Hall–Kier alpha value is -0.0400. The second-order valence-corrected chi connectivity index (χ2v) is 8.86. The number of fused-ring (bicyclic) bond motifs is 2. The number of hydrogen-bond acceptors (Lipinski definition) is 1. The van der Waals surface area contributed by atoms with Gasteiger partial charge in [0.25, 0.3) is 0 Å². The van der Waals surface area contributed by atoms with E-state index >= 15 is 0 Å². The van der Waals surface area contributed by atoms with Crippen molar-refractivity contribution in [3.8, 4) is 0 Å². The number of nitrogens with two attached hydrogens (primary N) is 1. The molecule has 2 bridgehead atoms. The predicted octanol–water partition coefficient (Wildman–Crippen LogP) is 4.36. The van der Waals surface area contributed by atoms with Crippen molar-refractivity contribution >= 4 is 0 Å². The first-order valence-corrected chi connectivity index (χ1v) is 8.14. The molecule has 5 atom stereocenters. The molecule has 0 spiro atoms. The standard InChI is InChI=1S/C17H31N/c1-12-8-16(2,3)11-17(18,9-12)10-15-7-13-4-5-14(15)6-13/h12-15H,4-11,18H2,1-3H3. The van der Waals surface area contributed by atoms with Crippen LogP contribution in [0.2, 0.25) is 0 Å². The highest BCUT2D eigenvalue weighted by atomic mass is 14.8. The summed E-state index contributed by atoms with van der Waals surface area (Å²) in [5.41, 5.74) is 7.45. The minimum absolute atomic E-state index is 0.149. The SMILES string of the molecule is CC1CC(C)(C)CC(N)(CC2CC3CCC2C3)C1. The van der Waals surface area contributed by atoms with Crippen LogP contribution in [0.4, 0.5) is 0 Å². The fourth-order valence-corrected chi connectivity index (χ4v) is 6.11. The van der Waals surface area contributed by atoms with Crippen LogP contribution < -0.4 is 5.73 Å². The van der Waals surface area contributed by atoms with E-state index in [1.54, 1.807) is 0 Å². The molecule has 0 aromatic heterocycles. The van der Waals surface area contributed by atoms with Crippen molar-refractivity contribution in [3.63, 3.8) is 0 Å². The van der Waals surface area contributed by atoms with E-state index in [9.17, 15) is 0 Å². The van der Waals surface area contributed by atoms with Crippen molar-refractivity contribution in [2.24, 2.45) is 34.8 Å². The smallest absolute Gasteiger partial charge is 0.0164 e. The van der Waals surface area contributed by atoms with Gasteiger partial charge in [0.15, 0.2) is 0 Å². The van der Waals surface area contributed by atoms with E-state index in [-0.39, 0.29) is 5.54 Å². The largest absolute Gasteiger partial charge is 0.325 e. The van der Waals surface area contributed by atoms with E-state index in [0.29, 0.717) is 5.41 Å². The van der Waals surface area contributed by atoms with Crippen molar-refractivity contribution in [1.82, 2.24) is 0 Å². The van der Waals surface area contributed by atoms with Gasteiger partial charge >= 0.3 is 0 Å². The molecular formula is C17H31N. The molecule has 5 unspecified atom stereocenters. The zero-order valence-electron chi connectivity index (χ0n) is 12.5. The second kappa shape index (κ2) is 4.23. The van der Waals surface area contributed by atoms with Gasteiger partial charge < -0.3 is 5.73 Å². The highest BCUT2D eigenvalue weighted by Gasteiger charge is 2.46. The molecule has 0 aliphatic heterocycles. The van der Waals surface area contributed by atoms with Crippen LogP contribution in [0.15, 0.2) is 0 Å². The lowest BCUT2D eigenvalue weighted by atomic mass is 9.61. The van der Waals surface area contributed by atoms with Gasteiger partial charge in [-0.3, -0.25) is 0 Å². The zero-order chi connectivity index (χ0) is 13.0. The molecule has 0 heterocycles. The van der Waals surface area contributed by atoms with Crippen LogP contribution in [0, 0.1) is 29.1 Å².